The molecule has 1 aliphatic heterocycles. The molecule has 1 heterocycles. The number of nitrogens with zero attached hydrogens (tertiary/aromatic N) is 1. The van der Waals surface area contributed by atoms with Crippen molar-refractivity contribution in [1.82, 2.24) is 10.2 Å². The highest BCUT2D eigenvalue weighted by Gasteiger charge is 2.34. The highest BCUT2D eigenvalue weighted by molar-refractivity contribution is 6.30. The maximum Gasteiger partial charge on any atom is 0.407 e. The Hall–Kier alpha value is -2.57. The zero-order chi connectivity index (χ0) is 18.7. The summed E-state index contributed by atoms with van der Waals surface area (Å²) in [6.45, 7) is 0.177. The number of carbonyl (C=O) groups is 2. The topological polar surface area (TPSA) is 89.9 Å². The fraction of sp³-hybridized carbons (Fsp3) is 0.263. The molecule has 0 bridgehead atoms. The fourth-order valence-corrected chi connectivity index (χ4v) is 3.26. The van der Waals surface area contributed by atoms with Gasteiger partial charge in [0.1, 0.15) is 0 Å². The third kappa shape index (κ3) is 3.98. The molecule has 1 unspecified atom stereocenters. The molecule has 3 N–H and O–H groups in total. The van der Waals surface area contributed by atoms with Crippen molar-refractivity contribution < 1.29 is 19.8 Å². The molecule has 1 aliphatic rings. The summed E-state index contributed by atoms with van der Waals surface area (Å²) in [6, 6.07) is 13.3. The number of aliphatic hydroxyl groups is 1. The molecule has 2 aromatic rings. The maximum atomic E-state index is 12.2. The molecule has 2 aromatic carbocycles. The lowest BCUT2D eigenvalue weighted by Gasteiger charge is -2.37. The second-order valence-electron chi connectivity index (χ2n) is 6.23. The summed E-state index contributed by atoms with van der Waals surface area (Å²) in [5.41, 5.74) is 2.37. The van der Waals surface area contributed by atoms with Crippen LogP contribution in [-0.4, -0.2) is 45.8 Å². The number of hydrogen-bond donors (Lipinski definition) is 3. The molecule has 0 fully saturated rings. The Balaban J connectivity index is 1.67. The van der Waals surface area contributed by atoms with Gasteiger partial charge in [0.25, 0.3) is 5.91 Å². The van der Waals surface area contributed by atoms with E-state index in [0.717, 1.165) is 11.1 Å². The number of halogens is 1. The van der Waals surface area contributed by atoms with Crippen molar-refractivity contribution in [2.45, 2.75) is 25.1 Å². The van der Waals surface area contributed by atoms with Crippen molar-refractivity contribution in [3.63, 3.8) is 0 Å². The molecular formula is C19H19ClN2O4. The molecular weight excluding hydrogens is 356 g/mol. The Bertz CT molecular complexity index is 809. The van der Waals surface area contributed by atoms with Gasteiger partial charge in [0.2, 0.25) is 0 Å². The Morgan fingerprint density at radius 2 is 1.81 bits per heavy atom. The van der Waals surface area contributed by atoms with E-state index in [4.69, 9.17) is 11.6 Å². The van der Waals surface area contributed by atoms with Gasteiger partial charge in [-0.3, -0.25) is 9.69 Å². The molecule has 2 atom stereocenters. The lowest BCUT2D eigenvalue weighted by molar-refractivity contribution is 0.0382. The lowest BCUT2D eigenvalue weighted by atomic mass is 9.91. The highest BCUT2D eigenvalue weighted by atomic mass is 35.5. The number of nitrogens with one attached hydrogen (secondary N) is 1. The van der Waals surface area contributed by atoms with Gasteiger partial charge in [-0.25, -0.2) is 4.79 Å². The summed E-state index contributed by atoms with van der Waals surface area (Å²) in [7, 11) is 0. The molecule has 3 rings (SSSR count). The summed E-state index contributed by atoms with van der Waals surface area (Å²) >= 11 is 5.80. The SMILES string of the molecule is O=C(NC[C@@H](O)C1Cc2ccccc2CN1C(=O)O)c1ccc(Cl)cc1. The first-order valence-electron chi connectivity index (χ1n) is 8.24. The van der Waals surface area contributed by atoms with Crippen LogP contribution in [0.3, 0.4) is 0 Å². The van der Waals surface area contributed by atoms with E-state index >= 15 is 0 Å². The van der Waals surface area contributed by atoms with Gasteiger partial charge in [0.15, 0.2) is 0 Å². The van der Waals surface area contributed by atoms with E-state index in [-0.39, 0.29) is 19.0 Å². The summed E-state index contributed by atoms with van der Waals surface area (Å²) in [5, 5.41) is 23.2. The van der Waals surface area contributed by atoms with Crippen molar-refractivity contribution in [3.8, 4) is 0 Å². The van der Waals surface area contributed by atoms with Gasteiger partial charge in [-0.05, 0) is 41.8 Å². The molecule has 0 aliphatic carbocycles. The van der Waals surface area contributed by atoms with Crippen LogP contribution in [0.4, 0.5) is 4.79 Å². The predicted molar refractivity (Wildman–Crippen MR) is 97.3 cm³/mol. The van der Waals surface area contributed by atoms with E-state index in [1.54, 1.807) is 24.3 Å². The first kappa shape index (κ1) is 18.2. The van der Waals surface area contributed by atoms with Crippen LogP contribution < -0.4 is 5.32 Å². The molecule has 0 radical (unpaired) electrons. The van der Waals surface area contributed by atoms with E-state index in [0.29, 0.717) is 17.0 Å². The lowest BCUT2D eigenvalue weighted by Crippen LogP contribution is -2.53. The normalized spacial score (nSPS) is 17.3. The van der Waals surface area contributed by atoms with Crippen LogP contribution in [0.2, 0.25) is 5.02 Å². The number of amides is 2. The molecule has 0 aromatic heterocycles. The smallest absolute Gasteiger partial charge is 0.407 e. The number of aliphatic hydroxyl groups excluding tert-OH is 1. The van der Waals surface area contributed by atoms with E-state index in [1.165, 1.54) is 4.90 Å². The summed E-state index contributed by atoms with van der Waals surface area (Å²) in [4.78, 5) is 25.0. The Kier molecular flexibility index (Phi) is 5.44. The van der Waals surface area contributed by atoms with Crippen molar-refractivity contribution in [1.29, 1.82) is 0 Å². The van der Waals surface area contributed by atoms with E-state index in [1.807, 2.05) is 24.3 Å². The van der Waals surface area contributed by atoms with E-state index in [2.05, 4.69) is 5.32 Å². The van der Waals surface area contributed by atoms with Crippen LogP contribution in [-0.2, 0) is 13.0 Å². The van der Waals surface area contributed by atoms with Gasteiger partial charge in [-0.1, -0.05) is 35.9 Å². The zero-order valence-electron chi connectivity index (χ0n) is 13.9. The number of benzene rings is 2. The number of rotatable bonds is 4. The van der Waals surface area contributed by atoms with Crippen LogP contribution in [0.25, 0.3) is 0 Å². The van der Waals surface area contributed by atoms with Crippen molar-refractivity contribution in [3.05, 3.63) is 70.2 Å². The standard InChI is InChI=1S/C19H19ClN2O4/c20-15-7-5-12(6-8-15)18(24)21-10-17(23)16-9-13-3-1-2-4-14(13)11-22(16)19(25)26/h1-8,16-17,23H,9-11H2,(H,21,24)(H,25,26)/t16?,17-/m1/s1. The molecule has 6 nitrogen and oxygen atoms in total. The van der Waals surface area contributed by atoms with Gasteiger partial charge in [-0.15, -0.1) is 0 Å². The van der Waals surface area contributed by atoms with Gasteiger partial charge in [0, 0.05) is 23.7 Å². The maximum absolute atomic E-state index is 12.2. The number of carbonyl (C=O) groups excluding carboxylic acids is 1. The number of fused-ring (bicyclic) bond motifs is 1. The van der Waals surface area contributed by atoms with Gasteiger partial charge in [-0.2, -0.15) is 0 Å². The Morgan fingerprint density at radius 3 is 2.46 bits per heavy atom. The summed E-state index contributed by atoms with van der Waals surface area (Å²) in [6.07, 6.45) is -1.70. The monoisotopic (exact) mass is 374 g/mol. The summed E-state index contributed by atoms with van der Waals surface area (Å²) < 4.78 is 0. The molecule has 0 saturated heterocycles. The zero-order valence-corrected chi connectivity index (χ0v) is 14.7. The van der Waals surface area contributed by atoms with Crippen LogP contribution in [0, 0.1) is 0 Å². The quantitative estimate of drug-likeness (QED) is 0.767. The van der Waals surface area contributed by atoms with Crippen LogP contribution in [0.1, 0.15) is 21.5 Å². The minimum Gasteiger partial charge on any atom is -0.465 e. The van der Waals surface area contributed by atoms with Crippen molar-refractivity contribution >= 4 is 23.6 Å². The average Bonchev–Trinajstić information content (AvgIpc) is 2.65. The van der Waals surface area contributed by atoms with E-state index in [9.17, 15) is 19.8 Å². The second kappa shape index (κ2) is 7.76. The Morgan fingerprint density at radius 1 is 1.15 bits per heavy atom. The first-order valence-corrected chi connectivity index (χ1v) is 8.61. The third-order valence-corrected chi connectivity index (χ3v) is 4.81. The average molecular weight is 375 g/mol. The van der Waals surface area contributed by atoms with Crippen molar-refractivity contribution in [2.75, 3.05) is 6.54 Å². The van der Waals surface area contributed by atoms with Crippen molar-refractivity contribution in [2.24, 2.45) is 0 Å². The number of carboxylic acid groups (broad SMARTS) is 1. The minimum atomic E-state index is -1.09. The van der Waals surface area contributed by atoms with Gasteiger partial charge < -0.3 is 15.5 Å². The Labute approximate surface area is 156 Å². The molecule has 2 amide bonds. The van der Waals surface area contributed by atoms with E-state index < -0.39 is 18.2 Å². The molecule has 0 saturated carbocycles. The fourth-order valence-electron chi connectivity index (χ4n) is 3.14. The highest BCUT2D eigenvalue weighted by Crippen LogP contribution is 2.25. The van der Waals surface area contributed by atoms with Crippen LogP contribution >= 0.6 is 11.6 Å². The van der Waals surface area contributed by atoms with Crippen LogP contribution in [0.15, 0.2) is 48.5 Å². The summed E-state index contributed by atoms with van der Waals surface area (Å²) in [5.74, 6) is -0.348. The van der Waals surface area contributed by atoms with Gasteiger partial charge in [0.05, 0.1) is 12.1 Å². The minimum absolute atomic E-state index is 0.0436. The van der Waals surface area contributed by atoms with Crippen LogP contribution in [0.5, 0.6) is 0 Å². The number of hydrogen-bond acceptors (Lipinski definition) is 3. The predicted octanol–water partition coefficient (Wildman–Crippen LogP) is 2.54. The third-order valence-electron chi connectivity index (χ3n) is 4.56. The molecule has 7 heteroatoms. The first-order chi connectivity index (χ1) is 12.5. The molecule has 0 spiro atoms. The molecule has 26 heavy (non-hydrogen) atoms. The second-order valence-corrected chi connectivity index (χ2v) is 6.67. The molecule has 136 valence electrons. The largest absolute Gasteiger partial charge is 0.465 e. The van der Waals surface area contributed by atoms with Gasteiger partial charge >= 0.3 is 6.09 Å².